The molecule has 0 aliphatic rings. The minimum absolute atomic E-state index is 0.250. The number of anilines is 1. The molecule has 0 amide bonds. The van der Waals surface area contributed by atoms with Crippen LogP contribution in [0.4, 0.5) is 5.69 Å². The van der Waals surface area contributed by atoms with E-state index in [9.17, 15) is 4.79 Å². The quantitative estimate of drug-likeness (QED) is 0.260. The molecule has 0 aliphatic heterocycles. The molecule has 0 saturated carbocycles. The second kappa shape index (κ2) is 8.05. The Morgan fingerprint density at radius 1 is 1.38 bits per heavy atom. The zero-order chi connectivity index (χ0) is 12.4. The molecule has 1 aromatic rings. The Morgan fingerprint density at radius 2 is 1.88 bits per heavy atom. The summed E-state index contributed by atoms with van der Waals surface area (Å²) in [5, 5.41) is 6.89. The van der Waals surface area contributed by atoms with Gasteiger partial charge in [-0.3, -0.25) is 4.79 Å². The molecule has 86 valence electrons. The van der Waals surface area contributed by atoms with E-state index >= 15 is 0 Å². The fourth-order valence-corrected chi connectivity index (χ4v) is 0.822. The molecule has 0 spiro atoms. The Kier molecular flexibility index (Phi) is 6.89. The van der Waals surface area contributed by atoms with Crippen LogP contribution in [-0.2, 0) is 9.59 Å². The van der Waals surface area contributed by atoms with Crippen molar-refractivity contribution < 1.29 is 19.4 Å². The Labute approximate surface area is 93.1 Å². The summed E-state index contributed by atoms with van der Waals surface area (Å²) >= 11 is 0. The maximum Gasteiger partial charge on any atom is 0.335 e. The molecule has 0 atom stereocenters. The van der Waals surface area contributed by atoms with Gasteiger partial charge in [-0.2, -0.15) is 0 Å². The average molecular weight is 223 g/mol. The maximum absolute atomic E-state index is 11.0. The number of esters is 1. The number of nitrogens with two attached hydrogens (primary N) is 1. The first-order chi connectivity index (χ1) is 7.63. The molecule has 3 N–H and O–H groups in total. The van der Waals surface area contributed by atoms with Crippen LogP contribution in [0.5, 0.6) is 5.75 Å². The van der Waals surface area contributed by atoms with Crippen LogP contribution in [0.15, 0.2) is 36.4 Å². The number of nitrogen functional groups attached to an aromatic ring is 1. The highest BCUT2D eigenvalue weighted by Gasteiger charge is 1.98. The monoisotopic (exact) mass is 223 g/mol. The number of carbonyl (C=O) groups is 2. The lowest BCUT2D eigenvalue weighted by atomic mass is 10.3. The third kappa shape index (κ3) is 6.20. The SMILES string of the molecule is C/C=C/C(=O)Oc1ccc(N)cc1.O=CO. The topological polar surface area (TPSA) is 89.6 Å². The highest BCUT2D eigenvalue weighted by Crippen LogP contribution is 2.13. The second-order valence-corrected chi connectivity index (χ2v) is 2.60. The molecule has 1 rings (SSSR count). The number of benzene rings is 1. The van der Waals surface area contributed by atoms with Crippen molar-refractivity contribution in [2.75, 3.05) is 5.73 Å². The van der Waals surface area contributed by atoms with E-state index in [0.717, 1.165) is 0 Å². The van der Waals surface area contributed by atoms with E-state index in [1.165, 1.54) is 6.08 Å². The van der Waals surface area contributed by atoms with Crippen LogP contribution in [0.2, 0.25) is 0 Å². The fourth-order valence-electron chi connectivity index (χ4n) is 0.822. The number of allylic oxidation sites excluding steroid dienone is 1. The number of hydrogen-bond donors (Lipinski definition) is 2. The Hall–Kier alpha value is -2.30. The summed E-state index contributed by atoms with van der Waals surface area (Å²) in [7, 11) is 0. The van der Waals surface area contributed by atoms with Gasteiger partial charge < -0.3 is 15.6 Å². The van der Waals surface area contributed by atoms with Crippen molar-refractivity contribution in [1.29, 1.82) is 0 Å². The molecule has 0 bridgehead atoms. The van der Waals surface area contributed by atoms with Crippen molar-refractivity contribution in [3.8, 4) is 5.75 Å². The zero-order valence-corrected chi connectivity index (χ0v) is 8.79. The van der Waals surface area contributed by atoms with E-state index < -0.39 is 0 Å². The van der Waals surface area contributed by atoms with Gasteiger partial charge in [0.15, 0.2) is 0 Å². The van der Waals surface area contributed by atoms with Gasteiger partial charge in [-0.15, -0.1) is 0 Å². The largest absolute Gasteiger partial charge is 0.483 e. The van der Waals surface area contributed by atoms with Crippen molar-refractivity contribution in [3.05, 3.63) is 36.4 Å². The predicted octanol–water partition coefficient (Wildman–Crippen LogP) is 1.45. The molecule has 16 heavy (non-hydrogen) atoms. The molecule has 5 heteroatoms. The van der Waals surface area contributed by atoms with Gasteiger partial charge in [0.05, 0.1) is 0 Å². The smallest absolute Gasteiger partial charge is 0.335 e. The average Bonchev–Trinajstić information content (AvgIpc) is 2.23. The Bertz CT molecular complexity index is 357. The normalized spacial score (nSPS) is 9.06. The van der Waals surface area contributed by atoms with Gasteiger partial charge in [0.1, 0.15) is 5.75 Å². The maximum atomic E-state index is 11.0. The van der Waals surface area contributed by atoms with Crippen LogP contribution < -0.4 is 10.5 Å². The van der Waals surface area contributed by atoms with Crippen LogP contribution in [-0.4, -0.2) is 17.5 Å². The lowest BCUT2D eigenvalue weighted by Gasteiger charge is -2.00. The van der Waals surface area contributed by atoms with Crippen molar-refractivity contribution in [2.24, 2.45) is 0 Å². The number of carboxylic acid groups (broad SMARTS) is 1. The molecule has 0 saturated heterocycles. The highest BCUT2D eigenvalue weighted by molar-refractivity contribution is 5.83. The Morgan fingerprint density at radius 3 is 2.31 bits per heavy atom. The van der Waals surface area contributed by atoms with Crippen LogP contribution in [0.25, 0.3) is 0 Å². The lowest BCUT2D eigenvalue weighted by Crippen LogP contribution is -2.03. The molecule has 0 radical (unpaired) electrons. The Balaban J connectivity index is 0.000000673. The molecule has 0 aromatic heterocycles. The molecule has 0 unspecified atom stereocenters. The molecule has 1 aromatic carbocycles. The van der Waals surface area contributed by atoms with E-state index in [-0.39, 0.29) is 12.4 Å². The number of hydrogen-bond acceptors (Lipinski definition) is 4. The van der Waals surface area contributed by atoms with Crippen LogP contribution in [0.1, 0.15) is 6.92 Å². The van der Waals surface area contributed by atoms with E-state index in [1.807, 2.05) is 0 Å². The number of ether oxygens (including phenoxy) is 1. The van der Waals surface area contributed by atoms with E-state index in [2.05, 4.69) is 0 Å². The third-order valence-corrected chi connectivity index (χ3v) is 1.40. The third-order valence-electron chi connectivity index (χ3n) is 1.40. The summed E-state index contributed by atoms with van der Waals surface area (Å²) in [5.41, 5.74) is 6.11. The van der Waals surface area contributed by atoms with Gasteiger partial charge in [-0.1, -0.05) is 6.08 Å². The van der Waals surface area contributed by atoms with Gasteiger partial charge in [-0.05, 0) is 31.2 Å². The van der Waals surface area contributed by atoms with Crippen molar-refractivity contribution in [2.45, 2.75) is 6.92 Å². The summed E-state index contributed by atoms with van der Waals surface area (Å²) in [4.78, 5) is 19.3. The van der Waals surface area contributed by atoms with Crippen molar-refractivity contribution in [3.63, 3.8) is 0 Å². The van der Waals surface area contributed by atoms with E-state index in [0.29, 0.717) is 11.4 Å². The molecular formula is C11H13NO4. The second-order valence-electron chi connectivity index (χ2n) is 2.60. The summed E-state index contributed by atoms with van der Waals surface area (Å²) < 4.78 is 4.93. The zero-order valence-electron chi connectivity index (χ0n) is 8.79. The lowest BCUT2D eigenvalue weighted by molar-refractivity contribution is -0.129. The van der Waals surface area contributed by atoms with Crippen molar-refractivity contribution >= 4 is 18.1 Å². The number of carbonyl (C=O) groups excluding carboxylic acids is 1. The summed E-state index contributed by atoms with van der Waals surface area (Å²) in [6.07, 6.45) is 2.98. The van der Waals surface area contributed by atoms with E-state index in [4.69, 9.17) is 20.4 Å². The van der Waals surface area contributed by atoms with Crippen LogP contribution >= 0.6 is 0 Å². The van der Waals surface area contributed by atoms with Gasteiger partial charge in [0.25, 0.3) is 6.47 Å². The van der Waals surface area contributed by atoms with Crippen LogP contribution in [0.3, 0.4) is 0 Å². The first-order valence-electron chi connectivity index (χ1n) is 4.42. The molecular weight excluding hydrogens is 210 g/mol. The highest BCUT2D eigenvalue weighted by atomic mass is 16.5. The minimum atomic E-state index is -0.382. The van der Waals surface area contributed by atoms with E-state index in [1.54, 1.807) is 37.3 Å². The predicted molar refractivity (Wildman–Crippen MR) is 60.0 cm³/mol. The summed E-state index contributed by atoms with van der Waals surface area (Å²) in [6, 6.07) is 6.66. The summed E-state index contributed by atoms with van der Waals surface area (Å²) in [6.45, 7) is 1.50. The van der Waals surface area contributed by atoms with Gasteiger partial charge in [-0.25, -0.2) is 4.79 Å². The fraction of sp³-hybridized carbons (Fsp3) is 0.0909. The first-order valence-corrected chi connectivity index (χ1v) is 4.42. The van der Waals surface area contributed by atoms with Gasteiger partial charge in [0, 0.05) is 11.8 Å². The minimum Gasteiger partial charge on any atom is -0.483 e. The summed E-state index contributed by atoms with van der Waals surface area (Å²) in [5.74, 6) is 0.115. The van der Waals surface area contributed by atoms with Gasteiger partial charge in [0.2, 0.25) is 0 Å². The van der Waals surface area contributed by atoms with Crippen LogP contribution in [0, 0.1) is 0 Å². The first kappa shape index (κ1) is 13.7. The molecule has 5 nitrogen and oxygen atoms in total. The molecule has 0 heterocycles. The number of rotatable bonds is 2. The molecule has 0 aliphatic carbocycles. The van der Waals surface area contributed by atoms with Crippen molar-refractivity contribution in [1.82, 2.24) is 0 Å². The standard InChI is InChI=1S/C10H11NO2.CH2O2/c1-2-3-10(12)13-9-6-4-8(11)5-7-9;2-1-3/h2-7H,11H2,1H3;1H,(H,2,3)/b3-2+;. The molecule has 0 fully saturated rings. The van der Waals surface area contributed by atoms with Gasteiger partial charge >= 0.3 is 5.97 Å².